The fourth-order valence-corrected chi connectivity index (χ4v) is 1.67. The molecule has 0 saturated heterocycles. The summed E-state index contributed by atoms with van der Waals surface area (Å²) in [6, 6.07) is 5.81. The molecule has 0 spiro atoms. The predicted molar refractivity (Wildman–Crippen MR) is 52.5 cm³/mol. The van der Waals surface area contributed by atoms with Crippen LogP contribution in [0.4, 0.5) is 5.69 Å². The predicted octanol–water partition coefficient (Wildman–Crippen LogP) is 2.50. The molecule has 0 aliphatic rings. The van der Waals surface area contributed by atoms with E-state index in [1.165, 1.54) is 0 Å². The number of hydrogen-bond acceptors (Lipinski definition) is 2. The quantitative estimate of drug-likeness (QED) is 0.512. The standard InChI is InChI=1S/C10H8N2O/c11-10-6-1-3-12-8(6)5-9-7(10)2-4-13-9/h1-5,12H,11H2. The molecule has 0 unspecified atom stereocenters. The minimum absolute atomic E-state index is 0.780. The number of rotatable bonds is 0. The highest BCUT2D eigenvalue weighted by Crippen LogP contribution is 2.30. The second-order valence-corrected chi connectivity index (χ2v) is 3.06. The van der Waals surface area contributed by atoms with Gasteiger partial charge in [0.25, 0.3) is 0 Å². The van der Waals surface area contributed by atoms with E-state index in [-0.39, 0.29) is 0 Å². The Hall–Kier alpha value is -1.90. The molecule has 13 heavy (non-hydrogen) atoms. The van der Waals surface area contributed by atoms with E-state index in [1.807, 2.05) is 24.4 Å². The smallest absolute Gasteiger partial charge is 0.138 e. The van der Waals surface area contributed by atoms with Crippen LogP contribution >= 0.6 is 0 Å². The Morgan fingerprint density at radius 1 is 1.23 bits per heavy atom. The van der Waals surface area contributed by atoms with Gasteiger partial charge in [0.2, 0.25) is 0 Å². The Bertz CT molecular complexity index is 528. The fourth-order valence-electron chi connectivity index (χ4n) is 1.67. The van der Waals surface area contributed by atoms with Crippen LogP contribution in [0.5, 0.6) is 0 Å². The van der Waals surface area contributed by atoms with Gasteiger partial charge in [-0.15, -0.1) is 0 Å². The number of furan rings is 1. The van der Waals surface area contributed by atoms with E-state index in [0.717, 1.165) is 27.6 Å². The molecule has 0 radical (unpaired) electrons. The van der Waals surface area contributed by atoms with Crippen LogP contribution in [0.1, 0.15) is 0 Å². The first-order chi connectivity index (χ1) is 6.36. The average Bonchev–Trinajstić information content (AvgIpc) is 2.71. The van der Waals surface area contributed by atoms with E-state index in [1.54, 1.807) is 6.26 Å². The molecule has 0 amide bonds. The molecule has 0 bridgehead atoms. The average molecular weight is 172 g/mol. The largest absolute Gasteiger partial charge is 0.464 e. The number of nitrogen functional groups attached to an aromatic ring is 1. The number of H-pyrrole nitrogens is 1. The molecule has 64 valence electrons. The Labute approximate surface area is 74.1 Å². The van der Waals surface area contributed by atoms with Gasteiger partial charge in [-0.25, -0.2) is 0 Å². The highest BCUT2D eigenvalue weighted by atomic mass is 16.3. The Morgan fingerprint density at radius 2 is 2.15 bits per heavy atom. The normalized spacial score (nSPS) is 11.4. The second-order valence-electron chi connectivity index (χ2n) is 3.06. The third-order valence-corrected chi connectivity index (χ3v) is 2.33. The van der Waals surface area contributed by atoms with Crippen LogP contribution in [0.2, 0.25) is 0 Å². The number of benzene rings is 1. The van der Waals surface area contributed by atoms with Crippen molar-refractivity contribution in [2.24, 2.45) is 0 Å². The first kappa shape index (κ1) is 6.60. The number of fused-ring (bicyclic) bond motifs is 2. The lowest BCUT2D eigenvalue weighted by Gasteiger charge is -1.97. The summed E-state index contributed by atoms with van der Waals surface area (Å²) in [5, 5.41) is 2.03. The monoisotopic (exact) mass is 172 g/mol. The second kappa shape index (κ2) is 2.07. The molecular formula is C10H8N2O. The van der Waals surface area contributed by atoms with Crippen molar-refractivity contribution in [2.75, 3.05) is 5.73 Å². The zero-order valence-electron chi connectivity index (χ0n) is 6.87. The van der Waals surface area contributed by atoms with Crippen LogP contribution in [0.25, 0.3) is 21.9 Å². The summed E-state index contributed by atoms with van der Waals surface area (Å²) in [6.07, 6.45) is 3.53. The van der Waals surface area contributed by atoms with E-state index in [2.05, 4.69) is 4.98 Å². The summed E-state index contributed by atoms with van der Waals surface area (Å²) >= 11 is 0. The fraction of sp³-hybridized carbons (Fsp3) is 0. The summed E-state index contributed by atoms with van der Waals surface area (Å²) in [4.78, 5) is 3.10. The van der Waals surface area contributed by atoms with Gasteiger partial charge in [0.1, 0.15) is 5.58 Å². The molecule has 0 saturated carbocycles. The zero-order chi connectivity index (χ0) is 8.84. The highest BCUT2D eigenvalue weighted by Gasteiger charge is 2.06. The van der Waals surface area contributed by atoms with Gasteiger partial charge in [-0.05, 0) is 12.1 Å². The molecule has 3 rings (SSSR count). The number of anilines is 1. The van der Waals surface area contributed by atoms with E-state index in [0.29, 0.717) is 0 Å². The van der Waals surface area contributed by atoms with Crippen molar-refractivity contribution >= 4 is 27.6 Å². The Morgan fingerprint density at radius 3 is 3.08 bits per heavy atom. The van der Waals surface area contributed by atoms with Gasteiger partial charge >= 0.3 is 0 Å². The van der Waals surface area contributed by atoms with Crippen molar-refractivity contribution in [1.82, 2.24) is 4.98 Å². The summed E-state index contributed by atoms with van der Waals surface area (Å²) in [5.41, 5.74) is 8.58. The number of aromatic amines is 1. The Balaban J connectivity index is 2.67. The van der Waals surface area contributed by atoms with Gasteiger partial charge in [-0.1, -0.05) is 0 Å². The number of hydrogen-bond donors (Lipinski definition) is 2. The van der Waals surface area contributed by atoms with E-state index in [4.69, 9.17) is 10.2 Å². The third-order valence-electron chi connectivity index (χ3n) is 2.33. The highest BCUT2D eigenvalue weighted by molar-refractivity contribution is 6.07. The lowest BCUT2D eigenvalue weighted by atomic mass is 10.1. The van der Waals surface area contributed by atoms with Crippen LogP contribution < -0.4 is 5.73 Å². The van der Waals surface area contributed by atoms with Crippen molar-refractivity contribution in [3.63, 3.8) is 0 Å². The molecule has 3 N–H and O–H groups in total. The lowest BCUT2D eigenvalue weighted by molar-refractivity contribution is 0.616. The molecule has 3 aromatic rings. The molecule has 0 fully saturated rings. The summed E-state index contributed by atoms with van der Waals surface area (Å²) < 4.78 is 5.28. The minimum Gasteiger partial charge on any atom is -0.464 e. The summed E-state index contributed by atoms with van der Waals surface area (Å²) in [5.74, 6) is 0. The SMILES string of the molecule is Nc1c2cc[nH]c2cc2occc12. The van der Waals surface area contributed by atoms with Gasteiger partial charge in [-0.2, -0.15) is 0 Å². The van der Waals surface area contributed by atoms with E-state index < -0.39 is 0 Å². The number of aromatic nitrogens is 1. The minimum atomic E-state index is 0.780. The van der Waals surface area contributed by atoms with Gasteiger partial charge in [0, 0.05) is 23.0 Å². The molecule has 3 nitrogen and oxygen atoms in total. The van der Waals surface area contributed by atoms with Gasteiger partial charge < -0.3 is 15.1 Å². The van der Waals surface area contributed by atoms with Crippen molar-refractivity contribution in [1.29, 1.82) is 0 Å². The first-order valence-corrected chi connectivity index (χ1v) is 4.09. The molecule has 3 heteroatoms. The number of nitrogens with two attached hydrogens (primary N) is 1. The van der Waals surface area contributed by atoms with E-state index >= 15 is 0 Å². The van der Waals surface area contributed by atoms with Crippen LogP contribution in [-0.4, -0.2) is 4.98 Å². The van der Waals surface area contributed by atoms with Gasteiger partial charge in [0.15, 0.2) is 0 Å². The third kappa shape index (κ3) is 0.731. The van der Waals surface area contributed by atoms with Gasteiger partial charge in [0.05, 0.1) is 17.5 Å². The summed E-state index contributed by atoms with van der Waals surface area (Å²) in [7, 11) is 0. The van der Waals surface area contributed by atoms with Crippen LogP contribution in [0.15, 0.2) is 35.1 Å². The maximum Gasteiger partial charge on any atom is 0.138 e. The Kier molecular flexibility index (Phi) is 1.05. The zero-order valence-corrected chi connectivity index (χ0v) is 6.87. The number of nitrogens with one attached hydrogen (secondary N) is 1. The first-order valence-electron chi connectivity index (χ1n) is 4.09. The lowest BCUT2D eigenvalue weighted by Crippen LogP contribution is -1.85. The van der Waals surface area contributed by atoms with E-state index in [9.17, 15) is 0 Å². The topological polar surface area (TPSA) is 55.0 Å². The maximum atomic E-state index is 5.96. The maximum absolute atomic E-state index is 5.96. The van der Waals surface area contributed by atoms with Crippen LogP contribution in [0, 0.1) is 0 Å². The van der Waals surface area contributed by atoms with Gasteiger partial charge in [-0.3, -0.25) is 0 Å². The molecule has 2 aromatic heterocycles. The molecule has 0 atom stereocenters. The molecule has 2 heterocycles. The van der Waals surface area contributed by atoms with Crippen molar-refractivity contribution < 1.29 is 4.42 Å². The molecular weight excluding hydrogens is 164 g/mol. The molecule has 0 aliphatic carbocycles. The van der Waals surface area contributed by atoms with Crippen molar-refractivity contribution in [2.45, 2.75) is 0 Å². The van der Waals surface area contributed by atoms with Crippen LogP contribution in [0.3, 0.4) is 0 Å². The van der Waals surface area contributed by atoms with Crippen molar-refractivity contribution in [3.8, 4) is 0 Å². The summed E-state index contributed by atoms with van der Waals surface area (Å²) in [6.45, 7) is 0. The van der Waals surface area contributed by atoms with Crippen LogP contribution in [-0.2, 0) is 0 Å². The molecule has 1 aromatic carbocycles. The van der Waals surface area contributed by atoms with Crippen molar-refractivity contribution in [3.05, 3.63) is 30.7 Å². The molecule has 0 aliphatic heterocycles.